The van der Waals surface area contributed by atoms with Crippen LogP contribution in [0.2, 0.25) is 0 Å². The molecule has 1 atom stereocenters. The largest absolute Gasteiger partial charge is 0.494 e. The number of nitrogens with zero attached hydrogens (tertiary/aromatic N) is 1. The van der Waals surface area contributed by atoms with Crippen LogP contribution in [0.15, 0.2) is 60.8 Å². The maximum absolute atomic E-state index is 6.46. The summed E-state index contributed by atoms with van der Waals surface area (Å²) in [5.74, 6) is 0.851. The molecule has 0 aliphatic rings. The highest BCUT2D eigenvalue weighted by Gasteiger charge is 2.13. The predicted molar refractivity (Wildman–Crippen MR) is 85.4 cm³/mol. The lowest BCUT2D eigenvalue weighted by Crippen LogP contribution is -2.12. The van der Waals surface area contributed by atoms with Gasteiger partial charge in [0.05, 0.1) is 18.2 Å². The quantitative estimate of drug-likeness (QED) is 0.792. The van der Waals surface area contributed by atoms with Crippen molar-refractivity contribution in [2.45, 2.75) is 13.0 Å². The van der Waals surface area contributed by atoms with E-state index in [4.69, 9.17) is 10.5 Å². The number of rotatable bonds is 4. The molecule has 3 rings (SSSR count). The molecule has 0 spiro atoms. The molecule has 0 saturated carbocycles. The van der Waals surface area contributed by atoms with Crippen molar-refractivity contribution in [1.29, 1.82) is 0 Å². The van der Waals surface area contributed by atoms with Gasteiger partial charge in [-0.1, -0.05) is 30.3 Å². The lowest BCUT2D eigenvalue weighted by Gasteiger charge is -2.16. The predicted octanol–water partition coefficient (Wildman–Crippen LogP) is 3.68. The Labute approximate surface area is 124 Å². The maximum atomic E-state index is 6.46. The van der Waals surface area contributed by atoms with Crippen LogP contribution < -0.4 is 10.5 Å². The third-order valence-electron chi connectivity index (χ3n) is 3.54. The van der Waals surface area contributed by atoms with Gasteiger partial charge in [0.15, 0.2) is 0 Å². The highest BCUT2D eigenvalue weighted by molar-refractivity contribution is 5.82. The summed E-state index contributed by atoms with van der Waals surface area (Å²) in [7, 11) is 0. The first-order valence-electron chi connectivity index (χ1n) is 7.11. The van der Waals surface area contributed by atoms with E-state index in [2.05, 4.69) is 17.1 Å². The Balaban J connectivity index is 2.04. The molecule has 2 N–H and O–H groups in total. The molecule has 106 valence electrons. The minimum Gasteiger partial charge on any atom is -0.494 e. The number of hydrogen-bond acceptors (Lipinski definition) is 3. The van der Waals surface area contributed by atoms with Crippen molar-refractivity contribution < 1.29 is 4.74 Å². The number of fused-ring (bicyclic) bond motifs is 1. The van der Waals surface area contributed by atoms with Crippen LogP contribution in [0, 0.1) is 0 Å². The molecule has 0 amide bonds. The Morgan fingerprint density at radius 2 is 1.95 bits per heavy atom. The first kappa shape index (κ1) is 13.6. The summed E-state index contributed by atoms with van der Waals surface area (Å²) in [6.07, 6.45) is 1.80. The minimum absolute atomic E-state index is 0.196. The van der Waals surface area contributed by atoms with Crippen molar-refractivity contribution in [3.05, 3.63) is 71.9 Å². The zero-order valence-electron chi connectivity index (χ0n) is 12.0. The number of ether oxygens (including phenoxy) is 1. The van der Waals surface area contributed by atoms with Crippen LogP contribution in [0.5, 0.6) is 5.75 Å². The van der Waals surface area contributed by atoms with Gasteiger partial charge < -0.3 is 10.5 Å². The van der Waals surface area contributed by atoms with E-state index in [1.807, 2.05) is 49.4 Å². The zero-order valence-corrected chi connectivity index (χ0v) is 12.0. The molecule has 0 saturated heterocycles. The monoisotopic (exact) mass is 278 g/mol. The topological polar surface area (TPSA) is 48.1 Å². The summed E-state index contributed by atoms with van der Waals surface area (Å²) in [5, 5.41) is 1.09. The molecule has 3 aromatic rings. The highest BCUT2D eigenvalue weighted by Crippen LogP contribution is 2.28. The summed E-state index contributed by atoms with van der Waals surface area (Å²) in [4.78, 5) is 4.38. The molecule has 1 unspecified atom stereocenters. The van der Waals surface area contributed by atoms with Crippen LogP contribution in [0.4, 0.5) is 0 Å². The Bertz CT molecular complexity index is 750. The SMILES string of the molecule is CCOc1cccc(C(N)c2cccc3ncccc23)c1. The summed E-state index contributed by atoms with van der Waals surface area (Å²) >= 11 is 0. The average molecular weight is 278 g/mol. The Morgan fingerprint density at radius 3 is 2.81 bits per heavy atom. The van der Waals surface area contributed by atoms with E-state index in [0.29, 0.717) is 6.61 Å². The summed E-state index contributed by atoms with van der Waals surface area (Å²) < 4.78 is 5.55. The van der Waals surface area contributed by atoms with Gasteiger partial charge in [0.1, 0.15) is 5.75 Å². The van der Waals surface area contributed by atoms with Crippen LogP contribution in [0.1, 0.15) is 24.1 Å². The number of aromatic nitrogens is 1. The standard InChI is InChI=1S/C18H18N2O/c1-2-21-14-7-3-6-13(12-14)18(19)16-8-4-10-17-15(16)9-5-11-20-17/h3-12,18H,2,19H2,1H3. The molecule has 0 bridgehead atoms. The lowest BCUT2D eigenvalue weighted by atomic mass is 9.96. The van der Waals surface area contributed by atoms with E-state index in [1.54, 1.807) is 6.20 Å². The van der Waals surface area contributed by atoms with Crippen molar-refractivity contribution in [3.63, 3.8) is 0 Å². The number of nitrogens with two attached hydrogens (primary N) is 1. The van der Waals surface area contributed by atoms with Crippen LogP contribution in [0.3, 0.4) is 0 Å². The third-order valence-corrected chi connectivity index (χ3v) is 3.54. The van der Waals surface area contributed by atoms with E-state index in [-0.39, 0.29) is 6.04 Å². The molecule has 1 heterocycles. The van der Waals surface area contributed by atoms with Gasteiger partial charge in [-0.2, -0.15) is 0 Å². The second-order valence-corrected chi connectivity index (χ2v) is 4.90. The van der Waals surface area contributed by atoms with Crippen molar-refractivity contribution in [3.8, 4) is 5.75 Å². The second kappa shape index (κ2) is 5.94. The van der Waals surface area contributed by atoms with E-state index >= 15 is 0 Å². The van der Waals surface area contributed by atoms with Gasteiger partial charge in [-0.05, 0) is 42.3 Å². The van der Waals surface area contributed by atoms with E-state index in [0.717, 1.165) is 27.8 Å². The molecule has 0 aliphatic carbocycles. The number of benzene rings is 2. The van der Waals surface area contributed by atoms with E-state index in [1.165, 1.54) is 0 Å². The normalized spacial score (nSPS) is 12.3. The first-order chi connectivity index (χ1) is 10.3. The zero-order chi connectivity index (χ0) is 14.7. The average Bonchev–Trinajstić information content (AvgIpc) is 2.54. The minimum atomic E-state index is -0.196. The maximum Gasteiger partial charge on any atom is 0.119 e. The third kappa shape index (κ3) is 2.73. The Morgan fingerprint density at radius 1 is 1.10 bits per heavy atom. The summed E-state index contributed by atoms with van der Waals surface area (Å²) in [6, 6.07) is 17.8. The Hall–Kier alpha value is -2.39. The first-order valence-corrected chi connectivity index (χ1v) is 7.11. The van der Waals surface area contributed by atoms with Crippen molar-refractivity contribution in [1.82, 2.24) is 4.98 Å². The fourth-order valence-electron chi connectivity index (χ4n) is 2.54. The summed E-state index contributed by atoms with van der Waals surface area (Å²) in [5.41, 5.74) is 9.55. The van der Waals surface area contributed by atoms with Crippen LogP contribution in [-0.4, -0.2) is 11.6 Å². The molecule has 2 aromatic carbocycles. The van der Waals surface area contributed by atoms with Gasteiger partial charge >= 0.3 is 0 Å². The number of pyridine rings is 1. The second-order valence-electron chi connectivity index (χ2n) is 4.90. The van der Waals surface area contributed by atoms with Gasteiger partial charge in [0, 0.05) is 11.6 Å². The smallest absolute Gasteiger partial charge is 0.119 e. The van der Waals surface area contributed by atoms with Gasteiger partial charge in [-0.25, -0.2) is 0 Å². The molecular formula is C18H18N2O. The van der Waals surface area contributed by atoms with Crippen LogP contribution in [-0.2, 0) is 0 Å². The molecule has 1 aromatic heterocycles. The van der Waals surface area contributed by atoms with Gasteiger partial charge in [-0.15, -0.1) is 0 Å². The fraction of sp³-hybridized carbons (Fsp3) is 0.167. The van der Waals surface area contributed by atoms with Gasteiger partial charge in [-0.3, -0.25) is 4.98 Å². The molecule has 0 fully saturated rings. The van der Waals surface area contributed by atoms with E-state index < -0.39 is 0 Å². The highest BCUT2D eigenvalue weighted by atomic mass is 16.5. The van der Waals surface area contributed by atoms with Crippen molar-refractivity contribution in [2.75, 3.05) is 6.61 Å². The van der Waals surface area contributed by atoms with Crippen LogP contribution >= 0.6 is 0 Å². The van der Waals surface area contributed by atoms with Gasteiger partial charge in [0.25, 0.3) is 0 Å². The molecule has 3 heteroatoms. The molecule has 21 heavy (non-hydrogen) atoms. The summed E-state index contributed by atoms with van der Waals surface area (Å²) in [6.45, 7) is 2.62. The Kier molecular flexibility index (Phi) is 3.84. The molecule has 3 nitrogen and oxygen atoms in total. The van der Waals surface area contributed by atoms with E-state index in [9.17, 15) is 0 Å². The molecular weight excluding hydrogens is 260 g/mol. The number of hydrogen-bond donors (Lipinski definition) is 1. The fourth-order valence-corrected chi connectivity index (χ4v) is 2.54. The lowest BCUT2D eigenvalue weighted by molar-refractivity contribution is 0.340. The van der Waals surface area contributed by atoms with Gasteiger partial charge in [0.2, 0.25) is 0 Å². The van der Waals surface area contributed by atoms with Crippen LogP contribution in [0.25, 0.3) is 10.9 Å². The molecule has 0 aliphatic heterocycles. The molecule has 0 radical (unpaired) electrons. The van der Waals surface area contributed by atoms with Crippen molar-refractivity contribution in [2.24, 2.45) is 5.73 Å². The van der Waals surface area contributed by atoms with Crippen molar-refractivity contribution >= 4 is 10.9 Å².